The molecule has 1 aliphatic rings. The molecule has 1 aliphatic heterocycles. The smallest absolute Gasteiger partial charge is 0.129 e. The Balaban J connectivity index is 2.00. The lowest BCUT2D eigenvalue weighted by Crippen LogP contribution is -2.60. The number of nitriles is 1. The van der Waals surface area contributed by atoms with Crippen molar-refractivity contribution in [2.75, 3.05) is 13.1 Å². The van der Waals surface area contributed by atoms with E-state index in [-0.39, 0.29) is 5.82 Å². The molecule has 1 saturated heterocycles. The molecule has 2 rings (SSSR count). The lowest BCUT2D eigenvalue weighted by Gasteiger charge is -2.46. The van der Waals surface area contributed by atoms with Crippen LogP contribution in [0.1, 0.15) is 24.5 Å². The van der Waals surface area contributed by atoms with Gasteiger partial charge in [0.2, 0.25) is 0 Å². The Hall–Kier alpha value is -1.44. The molecule has 17 heavy (non-hydrogen) atoms. The van der Waals surface area contributed by atoms with Crippen LogP contribution in [0.25, 0.3) is 0 Å². The number of likely N-dealkylation sites (tertiary alicyclic amines) is 1. The molecule has 4 heteroatoms. The number of β-amino-alcohol motifs (C(OH)–C–C–N with tert-alkyl or cyclic N) is 1. The second-order valence-corrected chi connectivity index (χ2v) is 4.64. The Morgan fingerprint density at radius 2 is 2.24 bits per heavy atom. The molecule has 1 heterocycles. The van der Waals surface area contributed by atoms with Gasteiger partial charge in [-0.25, -0.2) is 4.39 Å². The molecule has 0 spiro atoms. The first-order chi connectivity index (χ1) is 8.06. The van der Waals surface area contributed by atoms with Gasteiger partial charge in [-0.3, -0.25) is 4.90 Å². The number of halogens is 1. The summed E-state index contributed by atoms with van der Waals surface area (Å²) in [6.07, 6.45) is 0.722. The molecular formula is C13H15FN2O. The summed E-state index contributed by atoms with van der Waals surface area (Å²) in [5.74, 6) is -0.351. The molecule has 1 aromatic rings. The summed E-state index contributed by atoms with van der Waals surface area (Å²) in [5.41, 5.74) is 0.311. The first-order valence-electron chi connectivity index (χ1n) is 5.69. The summed E-state index contributed by atoms with van der Waals surface area (Å²) in [7, 11) is 0. The average molecular weight is 234 g/mol. The summed E-state index contributed by atoms with van der Waals surface area (Å²) in [5, 5.41) is 18.5. The molecule has 0 aliphatic carbocycles. The van der Waals surface area contributed by atoms with Gasteiger partial charge in [-0.05, 0) is 18.6 Å². The van der Waals surface area contributed by atoms with Crippen LogP contribution in [-0.4, -0.2) is 28.7 Å². The van der Waals surface area contributed by atoms with Crippen molar-refractivity contribution in [2.24, 2.45) is 0 Å². The molecule has 0 amide bonds. The molecule has 0 bridgehead atoms. The fourth-order valence-electron chi connectivity index (χ4n) is 2.11. The van der Waals surface area contributed by atoms with E-state index < -0.39 is 5.60 Å². The van der Waals surface area contributed by atoms with Crippen LogP contribution in [-0.2, 0) is 6.54 Å². The Kier molecular flexibility index (Phi) is 3.14. The molecule has 0 radical (unpaired) electrons. The minimum atomic E-state index is -0.594. The Bertz CT molecular complexity index is 461. The number of benzene rings is 1. The van der Waals surface area contributed by atoms with Crippen molar-refractivity contribution in [1.29, 1.82) is 5.26 Å². The van der Waals surface area contributed by atoms with Gasteiger partial charge in [0, 0.05) is 25.2 Å². The van der Waals surface area contributed by atoms with Crippen LogP contribution >= 0.6 is 0 Å². The summed E-state index contributed by atoms with van der Waals surface area (Å²) >= 11 is 0. The highest BCUT2D eigenvalue weighted by molar-refractivity contribution is 5.33. The van der Waals surface area contributed by atoms with Crippen molar-refractivity contribution in [3.05, 3.63) is 35.1 Å². The number of hydrogen-bond acceptors (Lipinski definition) is 3. The van der Waals surface area contributed by atoms with Gasteiger partial charge in [-0.1, -0.05) is 13.0 Å². The predicted octanol–water partition coefficient (Wildman–Crippen LogP) is 1.65. The van der Waals surface area contributed by atoms with E-state index in [0.717, 1.165) is 6.42 Å². The fraction of sp³-hybridized carbons (Fsp3) is 0.462. The standard InChI is InChI=1S/C13H15FN2O/c1-2-13(17)8-16(9-13)7-11-4-3-10(6-15)5-12(11)14/h3-5,17H,2,7-9H2,1H3. The number of rotatable bonds is 3. The van der Waals surface area contributed by atoms with Gasteiger partial charge in [0.15, 0.2) is 0 Å². The summed E-state index contributed by atoms with van der Waals surface area (Å²) in [6, 6.07) is 6.41. The maximum absolute atomic E-state index is 13.6. The van der Waals surface area contributed by atoms with Gasteiger partial charge in [0.25, 0.3) is 0 Å². The van der Waals surface area contributed by atoms with Gasteiger partial charge in [0.1, 0.15) is 5.82 Å². The zero-order chi connectivity index (χ0) is 12.5. The molecule has 1 aromatic carbocycles. The first kappa shape index (κ1) is 12.0. The highest BCUT2D eigenvalue weighted by atomic mass is 19.1. The van der Waals surface area contributed by atoms with Gasteiger partial charge >= 0.3 is 0 Å². The zero-order valence-corrected chi connectivity index (χ0v) is 9.78. The van der Waals surface area contributed by atoms with Crippen LogP contribution < -0.4 is 0 Å². The van der Waals surface area contributed by atoms with Crippen LogP contribution in [0.2, 0.25) is 0 Å². The fourth-order valence-corrected chi connectivity index (χ4v) is 2.11. The van der Waals surface area contributed by atoms with Crippen LogP contribution in [0.5, 0.6) is 0 Å². The lowest BCUT2D eigenvalue weighted by molar-refractivity contribution is -0.103. The van der Waals surface area contributed by atoms with Crippen molar-refractivity contribution < 1.29 is 9.50 Å². The molecule has 0 unspecified atom stereocenters. The number of aliphatic hydroxyl groups is 1. The summed E-state index contributed by atoms with van der Waals surface area (Å²) in [4.78, 5) is 1.99. The average Bonchev–Trinajstić information content (AvgIpc) is 2.29. The summed E-state index contributed by atoms with van der Waals surface area (Å²) < 4.78 is 13.6. The first-order valence-corrected chi connectivity index (χ1v) is 5.69. The third-order valence-electron chi connectivity index (χ3n) is 3.27. The van der Waals surface area contributed by atoms with Gasteiger partial charge in [-0.15, -0.1) is 0 Å². The molecule has 0 atom stereocenters. The Morgan fingerprint density at radius 1 is 1.53 bits per heavy atom. The molecule has 1 fully saturated rings. The van der Waals surface area contributed by atoms with Crippen molar-refractivity contribution in [1.82, 2.24) is 4.90 Å². The van der Waals surface area contributed by atoms with E-state index in [1.807, 2.05) is 17.9 Å². The molecule has 0 aromatic heterocycles. The molecular weight excluding hydrogens is 219 g/mol. The highest BCUT2D eigenvalue weighted by Crippen LogP contribution is 2.26. The third kappa shape index (κ3) is 2.46. The van der Waals surface area contributed by atoms with E-state index in [1.54, 1.807) is 12.1 Å². The van der Waals surface area contributed by atoms with Crippen LogP contribution in [0.4, 0.5) is 4.39 Å². The number of nitrogens with zero attached hydrogens (tertiary/aromatic N) is 2. The van der Waals surface area contributed by atoms with Crippen LogP contribution in [0.3, 0.4) is 0 Å². The number of hydrogen-bond donors (Lipinski definition) is 1. The molecule has 90 valence electrons. The Labute approximate surface area is 100 Å². The Morgan fingerprint density at radius 3 is 2.76 bits per heavy atom. The highest BCUT2D eigenvalue weighted by Gasteiger charge is 2.39. The van der Waals surface area contributed by atoms with Crippen molar-refractivity contribution in [3.8, 4) is 6.07 Å². The lowest BCUT2D eigenvalue weighted by atomic mass is 9.91. The van der Waals surface area contributed by atoms with Gasteiger partial charge < -0.3 is 5.11 Å². The predicted molar refractivity (Wildman–Crippen MR) is 61.6 cm³/mol. The summed E-state index contributed by atoms with van der Waals surface area (Å²) in [6.45, 7) is 3.60. The molecule has 3 nitrogen and oxygen atoms in total. The van der Waals surface area contributed by atoms with Crippen LogP contribution in [0, 0.1) is 17.1 Å². The maximum atomic E-state index is 13.6. The van der Waals surface area contributed by atoms with E-state index in [4.69, 9.17) is 5.26 Å². The second-order valence-electron chi connectivity index (χ2n) is 4.64. The van der Waals surface area contributed by atoms with Gasteiger partial charge in [-0.2, -0.15) is 5.26 Å². The van der Waals surface area contributed by atoms with Crippen molar-refractivity contribution in [2.45, 2.75) is 25.5 Å². The molecule has 0 saturated carbocycles. The van der Waals surface area contributed by atoms with E-state index in [2.05, 4.69) is 0 Å². The minimum Gasteiger partial charge on any atom is -0.387 e. The maximum Gasteiger partial charge on any atom is 0.129 e. The van der Waals surface area contributed by atoms with E-state index in [1.165, 1.54) is 6.07 Å². The van der Waals surface area contributed by atoms with Crippen molar-refractivity contribution >= 4 is 0 Å². The molecule has 1 N–H and O–H groups in total. The quantitative estimate of drug-likeness (QED) is 0.865. The van der Waals surface area contributed by atoms with Crippen molar-refractivity contribution in [3.63, 3.8) is 0 Å². The zero-order valence-electron chi connectivity index (χ0n) is 9.78. The minimum absolute atomic E-state index is 0.333. The van der Waals surface area contributed by atoms with E-state index in [9.17, 15) is 9.50 Å². The second kappa shape index (κ2) is 4.44. The van der Waals surface area contributed by atoms with Crippen LogP contribution in [0.15, 0.2) is 18.2 Å². The topological polar surface area (TPSA) is 47.3 Å². The SMILES string of the molecule is CCC1(O)CN(Cc2ccc(C#N)cc2F)C1. The third-order valence-corrected chi connectivity index (χ3v) is 3.27. The normalized spacial score (nSPS) is 18.5. The van der Waals surface area contributed by atoms with E-state index in [0.29, 0.717) is 30.8 Å². The van der Waals surface area contributed by atoms with Gasteiger partial charge in [0.05, 0.1) is 17.2 Å². The van der Waals surface area contributed by atoms with E-state index >= 15 is 0 Å². The monoisotopic (exact) mass is 234 g/mol. The largest absolute Gasteiger partial charge is 0.387 e.